The summed E-state index contributed by atoms with van der Waals surface area (Å²) in [6.45, 7) is 2.09. The predicted octanol–water partition coefficient (Wildman–Crippen LogP) is 2.06. The lowest BCUT2D eigenvalue weighted by atomic mass is 9.92. The van der Waals surface area contributed by atoms with Crippen molar-refractivity contribution < 1.29 is 4.79 Å². The van der Waals surface area contributed by atoms with Gasteiger partial charge in [-0.25, -0.2) is 0 Å². The molecule has 3 heteroatoms. The highest BCUT2D eigenvalue weighted by atomic mass is 32.2. The predicted molar refractivity (Wildman–Crippen MR) is 58.3 cm³/mol. The Kier molecular flexibility index (Phi) is 2.50. The molecular weight excluding hydrogens is 194 g/mol. The molecule has 1 fully saturated rings. The van der Waals surface area contributed by atoms with Gasteiger partial charge < -0.3 is 5.32 Å². The minimum Gasteiger partial charge on any atom is -0.350 e. The van der Waals surface area contributed by atoms with Crippen LogP contribution < -0.4 is 5.32 Å². The van der Waals surface area contributed by atoms with Crippen molar-refractivity contribution in [2.45, 2.75) is 23.8 Å². The molecule has 1 aliphatic rings. The van der Waals surface area contributed by atoms with Crippen LogP contribution in [0.4, 0.5) is 0 Å². The summed E-state index contributed by atoms with van der Waals surface area (Å²) in [5.74, 6) is 1.11. The molecule has 0 aliphatic carbocycles. The number of thioether (sulfide) groups is 1. The number of benzene rings is 1. The van der Waals surface area contributed by atoms with E-state index >= 15 is 0 Å². The second-order valence-corrected chi connectivity index (χ2v) is 4.94. The number of carbonyl (C=O) groups is 1. The maximum absolute atomic E-state index is 10.8. The Balaban J connectivity index is 1.86. The van der Waals surface area contributed by atoms with Crippen molar-refractivity contribution in [2.75, 3.05) is 5.75 Å². The van der Waals surface area contributed by atoms with E-state index in [9.17, 15) is 4.79 Å². The number of carbonyl (C=O) groups excluding carboxylic acids is 1. The van der Waals surface area contributed by atoms with E-state index in [1.165, 1.54) is 4.90 Å². The van der Waals surface area contributed by atoms with Crippen LogP contribution in [0.25, 0.3) is 0 Å². The molecule has 1 aliphatic heterocycles. The topological polar surface area (TPSA) is 29.1 Å². The van der Waals surface area contributed by atoms with Gasteiger partial charge in [-0.2, -0.15) is 0 Å². The minimum absolute atomic E-state index is 0.0115. The summed E-state index contributed by atoms with van der Waals surface area (Å²) in [6.07, 6.45) is 0.660. The van der Waals surface area contributed by atoms with Crippen LogP contribution in [0.2, 0.25) is 0 Å². The summed E-state index contributed by atoms with van der Waals surface area (Å²) in [4.78, 5) is 12.1. The second-order valence-electron chi connectivity index (χ2n) is 3.89. The van der Waals surface area contributed by atoms with Gasteiger partial charge in [0.25, 0.3) is 0 Å². The lowest BCUT2D eigenvalue weighted by Gasteiger charge is -2.38. The Bertz CT molecular complexity index is 328. The number of hydrogen-bond acceptors (Lipinski definition) is 2. The van der Waals surface area contributed by atoms with Gasteiger partial charge in [-0.15, -0.1) is 11.8 Å². The fourth-order valence-corrected chi connectivity index (χ4v) is 2.53. The molecule has 1 aromatic rings. The molecule has 1 amide bonds. The summed E-state index contributed by atoms with van der Waals surface area (Å²) in [5, 5.41) is 2.93. The van der Waals surface area contributed by atoms with E-state index < -0.39 is 0 Å². The van der Waals surface area contributed by atoms with Gasteiger partial charge >= 0.3 is 0 Å². The molecule has 1 heterocycles. The zero-order valence-electron chi connectivity index (χ0n) is 8.12. The SMILES string of the molecule is C[C@@]1(CSc2ccccc2)CC(=O)N1. The highest BCUT2D eigenvalue weighted by Gasteiger charge is 2.37. The third kappa shape index (κ3) is 2.10. The van der Waals surface area contributed by atoms with Crippen LogP contribution >= 0.6 is 11.8 Å². The molecule has 1 atom stereocenters. The molecule has 2 rings (SSSR count). The van der Waals surface area contributed by atoms with Gasteiger partial charge in [0, 0.05) is 10.6 Å². The van der Waals surface area contributed by atoms with E-state index in [2.05, 4.69) is 24.4 Å². The first-order valence-electron chi connectivity index (χ1n) is 4.67. The molecule has 0 bridgehead atoms. The number of amides is 1. The van der Waals surface area contributed by atoms with Crippen LogP contribution in [0.1, 0.15) is 13.3 Å². The number of rotatable bonds is 3. The Labute approximate surface area is 88.1 Å². The van der Waals surface area contributed by atoms with Crippen molar-refractivity contribution in [3.05, 3.63) is 30.3 Å². The zero-order chi connectivity index (χ0) is 10.0. The molecule has 1 saturated heterocycles. The quantitative estimate of drug-likeness (QED) is 0.607. The van der Waals surface area contributed by atoms with Crippen molar-refractivity contribution in [1.29, 1.82) is 0 Å². The van der Waals surface area contributed by atoms with Crippen LogP contribution in [0.5, 0.6) is 0 Å². The van der Waals surface area contributed by atoms with E-state index in [1.54, 1.807) is 11.8 Å². The molecule has 0 unspecified atom stereocenters. The molecule has 2 nitrogen and oxygen atoms in total. The first-order chi connectivity index (χ1) is 6.68. The number of β-lactam (4-membered cyclic amide) rings is 1. The molecule has 0 saturated carbocycles. The molecule has 0 aromatic heterocycles. The third-order valence-corrected chi connectivity index (χ3v) is 3.68. The summed E-state index contributed by atoms with van der Waals surface area (Å²) < 4.78 is 0. The monoisotopic (exact) mass is 207 g/mol. The first-order valence-corrected chi connectivity index (χ1v) is 5.65. The van der Waals surface area contributed by atoms with E-state index in [0.717, 1.165) is 5.75 Å². The van der Waals surface area contributed by atoms with Gasteiger partial charge in [-0.05, 0) is 19.1 Å². The summed E-state index contributed by atoms with van der Waals surface area (Å²) >= 11 is 1.79. The summed E-state index contributed by atoms with van der Waals surface area (Å²) in [6, 6.07) is 10.3. The van der Waals surface area contributed by atoms with Gasteiger partial charge in [-0.1, -0.05) is 18.2 Å². The molecule has 0 spiro atoms. The van der Waals surface area contributed by atoms with Crippen molar-refractivity contribution in [3.63, 3.8) is 0 Å². The van der Waals surface area contributed by atoms with E-state index in [4.69, 9.17) is 0 Å². The Morgan fingerprint density at radius 1 is 1.43 bits per heavy atom. The Morgan fingerprint density at radius 2 is 2.07 bits per heavy atom. The fourth-order valence-electron chi connectivity index (χ4n) is 1.52. The summed E-state index contributed by atoms with van der Waals surface area (Å²) in [7, 11) is 0. The largest absolute Gasteiger partial charge is 0.350 e. The average Bonchev–Trinajstić information content (AvgIpc) is 2.15. The van der Waals surface area contributed by atoms with Crippen LogP contribution in [0, 0.1) is 0 Å². The van der Waals surface area contributed by atoms with E-state index in [-0.39, 0.29) is 11.4 Å². The minimum atomic E-state index is 0.0115. The Morgan fingerprint density at radius 3 is 2.64 bits per heavy atom. The van der Waals surface area contributed by atoms with Crippen molar-refractivity contribution in [3.8, 4) is 0 Å². The van der Waals surface area contributed by atoms with Crippen molar-refractivity contribution in [1.82, 2.24) is 5.32 Å². The lowest BCUT2D eigenvalue weighted by molar-refractivity contribution is -0.131. The highest BCUT2D eigenvalue weighted by molar-refractivity contribution is 7.99. The van der Waals surface area contributed by atoms with Crippen LogP contribution in [0.15, 0.2) is 35.2 Å². The van der Waals surface area contributed by atoms with Gasteiger partial charge in [-0.3, -0.25) is 4.79 Å². The maximum atomic E-state index is 10.8. The van der Waals surface area contributed by atoms with Crippen molar-refractivity contribution in [2.24, 2.45) is 0 Å². The van der Waals surface area contributed by atoms with E-state index in [1.807, 2.05) is 18.2 Å². The molecule has 1 N–H and O–H groups in total. The van der Waals surface area contributed by atoms with Gasteiger partial charge in [0.2, 0.25) is 5.91 Å². The average molecular weight is 207 g/mol. The van der Waals surface area contributed by atoms with Gasteiger partial charge in [0.05, 0.1) is 12.0 Å². The Hall–Kier alpha value is -0.960. The normalized spacial score (nSPS) is 25.4. The number of hydrogen-bond donors (Lipinski definition) is 1. The standard InChI is InChI=1S/C11H13NOS/c1-11(7-10(13)12-11)8-14-9-5-3-2-4-6-9/h2-6H,7-8H2,1H3,(H,12,13)/t11-/m0/s1. The lowest BCUT2D eigenvalue weighted by Crippen LogP contribution is -2.60. The van der Waals surface area contributed by atoms with E-state index in [0.29, 0.717) is 6.42 Å². The van der Waals surface area contributed by atoms with Crippen molar-refractivity contribution >= 4 is 17.7 Å². The zero-order valence-corrected chi connectivity index (χ0v) is 8.93. The smallest absolute Gasteiger partial charge is 0.222 e. The second kappa shape index (κ2) is 3.65. The van der Waals surface area contributed by atoms with Gasteiger partial charge in [0.15, 0.2) is 0 Å². The van der Waals surface area contributed by atoms with Crippen LogP contribution in [-0.4, -0.2) is 17.2 Å². The highest BCUT2D eigenvalue weighted by Crippen LogP contribution is 2.28. The maximum Gasteiger partial charge on any atom is 0.222 e. The molecule has 1 aromatic carbocycles. The van der Waals surface area contributed by atoms with Crippen LogP contribution in [0.3, 0.4) is 0 Å². The molecule has 0 radical (unpaired) electrons. The first kappa shape index (κ1) is 9.59. The van der Waals surface area contributed by atoms with Crippen LogP contribution in [-0.2, 0) is 4.79 Å². The van der Waals surface area contributed by atoms with Gasteiger partial charge in [0.1, 0.15) is 0 Å². The summed E-state index contributed by atoms with van der Waals surface area (Å²) in [5.41, 5.74) is 0.0115. The third-order valence-electron chi connectivity index (χ3n) is 2.29. The molecular formula is C11H13NOS. The molecule has 74 valence electrons. The number of nitrogens with one attached hydrogen (secondary N) is 1. The molecule has 14 heavy (non-hydrogen) atoms. The fraction of sp³-hybridized carbons (Fsp3) is 0.364.